The quantitative estimate of drug-likeness (QED) is 0.0627. The minimum Gasteiger partial charge on any atom is -0.497 e. The fourth-order valence-corrected chi connectivity index (χ4v) is 9.09. The number of benzene rings is 1. The van der Waals surface area contributed by atoms with Gasteiger partial charge in [0.05, 0.1) is 58.3 Å². The summed E-state index contributed by atoms with van der Waals surface area (Å²) in [5.41, 5.74) is 0.429. The van der Waals surface area contributed by atoms with Gasteiger partial charge in [-0.3, -0.25) is 9.63 Å². The number of carbonyl (C=O) groups is 1. The van der Waals surface area contributed by atoms with Crippen LogP contribution in [-0.4, -0.2) is 97.9 Å². The average Bonchev–Trinajstić information content (AvgIpc) is 3.74. The molecule has 0 N–H and O–H groups in total. The van der Waals surface area contributed by atoms with E-state index in [-0.39, 0.29) is 46.3 Å². The molecule has 2 heterocycles. The molecular formula is C41H73NO9Si2. The Kier molecular flexibility index (Phi) is 14.9. The van der Waals surface area contributed by atoms with Crippen molar-refractivity contribution >= 4 is 22.5 Å². The van der Waals surface area contributed by atoms with Gasteiger partial charge in [0.2, 0.25) is 5.91 Å². The largest absolute Gasteiger partial charge is 0.497 e. The van der Waals surface area contributed by atoms with Gasteiger partial charge in [0, 0.05) is 31.4 Å². The molecule has 0 aliphatic carbocycles. The van der Waals surface area contributed by atoms with Gasteiger partial charge in [-0.05, 0) is 74.7 Å². The number of methoxy groups -OCH3 is 1. The summed E-state index contributed by atoms with van der Waals surface area (Å²) in [4.78, 5) is 18.5. The monoisotopic (exact) mass is 779 g/mol. The normalized spacial score (nSPS) is 26.7. The first-order chi connectivity index (χ1) is 24.2. The van der Waals surface area contributed by atoms with Crippen LogP contribution in [0.25, 0.3) is 0 Å². The first-order valence-corrected chi connectivity index (χ1v) is 25.0. The number of hydrogen-bond donors (Lipinski definition) is 0. The summed E-state index contributed by atoms with van der Waals surface area (Å²) in [7, 11) is 0.115. The highest BCUT2D eigenvalue weighted by Gasteiger charge is 2.65. The lowest BCUT2D eigenvalue weighted by Crippen LogP contribution is -2.61. The van der Waals surface area contributed by atoms with Crippen molar-refractivity contribution in [2.75, 3.05) is 34.5 Å². The molecule has 2 saturated heterocycles. The van der Waals surface area contributed by atoms with Crippen LogP contribution in [0.15, 0.2) is 36.9 Å². The van der Waals surface area contributed by atoms with Crippen LogP contribution in [0.3, 0.4) is 0 Å². The zero-order valence-corrected chi connectivity index (χ0v) is 38.1. The molecule has 1 aromatic rings. The van der Waals surface area contributed by atoms with Crippen molar-refractivity contribution in [3.8, 4) is 5.75 Å². The van der Waals surface area contributed by atoms with Crippen LogP contribution in [0.5, 0.6) is 5.75 Å². The first-order valence-electron chi connectivity index (χ1n) is 19.2. The maximum atomic E-state index is 13.3. The van der Waals surface area contributed by atoms with Gasteiger partial charge in [-0.2, -0.15) is 0 Å². The van der Waals surface area contributed by atoms with E-state index in [4.69, 9.17) is 37.4 Å². The fraction of sp³-hybridized carbons (Fsp3) is 0.780. The predicted molar refractivity (Wildman–Crippen MR) is 216 cm³/mol. The molecule has 10 nitrogen and oxygen atoms in total. The number of hydrogen-bond acceptors (Lipinski definition) is 9. The third-order valence-corrected chi connectivity index (χ3v) is 21.2. The topological polar surface area (TPSA) is 97.5 Å². The summed E-state index contributed by atoms with van der Waals surface area (Å²) in [6.45, 7) is 36.5. The second-order valence-corrected chi connectivity index (χ2v) is 28.4. The summed E-state index contributed by atoms with van der Waals surface area (Å²) < 4.78 is 46.5. The van der Waals surface area contributed by atoms with Crippen molar-refractivity contribution in [2.45, 2.75) is 154 Å². The Morgan fingerprint density at radius 1 is 0.943 bits per heavy atom. The SMILES string of the molecule is C=C[C@@H]1[C@H]([C@H](CO[Si](C)(C)C(C)(C)C)[C@H](O[Si](C)(C)C(C)(C)C)[C@]2(C)O[C@@H]2[C@@H](C)COCc2ccc(OC)cc2)OC(C)(C)O[C@H]1CC(=O)N(C)OC. The van der Waals surface area contributed by atoms with E-state index in [0.717, 1.165) is 11.3 Å². The number of epoxide rings is 1. The van der Waals surface area contributed by atoms with Gasteiger partial charge in [-0.15, -0.1) is 6.58 Å². The Hall–Kier alpha value is -1.62. The van der Waals surface area contributed by atoms with E-state index < -0.39 is 46.3 Å². The molecular weight excluding hydrogens is 707 g/mol. The van der Waals surface area contributed by atoms with Gasteiger partial charge in [-0.25, -0.2) is 5.06 Å². The number of ether oxygens (including phenoxy) is 5. The Labute approximate surface area is 323 Å². The summed E-state index contributed by atoms with van der Waals surface area (Å²) in [5.74, 6) is -0.913. The maximum absolute atomic E-state index is 13.3. The Balaban J connectivity index is 2.07. The summed E-state index contributed by atoms with van der Waals surface area (Å²) in [6.07, 6.45) is 0.491. The zero-order valence-electron chi connectivity index (χ0n) is 36.1. The first kappa shape index (κ1) is 45.8. The highest BCUT2D eigenvalue weighted by Crippen LogP contribution is 2.53. The fourth-order valence-electron chi connectivity index (χ4n) is 6.65. The van der Waals surface area contributed by atoms with Gasteiger partial charge < -0.3 is 32.5 Å². The van der Waals surface area contributed by atoms with Crippen LogP contribution in [0.4, 0.5) is 0 Å². The third-order valence-electron chi connectivity index (χ3n) is 12.2. The molecule has 8 atom stereocenters. The minimum absolute atomic E-state index is 0.0150. The maximum Gasteiger partial charge on any atom is 0.248 e. The van der Waals surface area contributed by atoms with Gasteiger partial charge in [0.1, 0.15) is 11.4 Å². The van der Waals surface area contributed by atoms with Crippen LogP contribution < -0.4 is 4.74 Å². The highest BCUT2D eigenvalue weighted by molar-refractivity contribution is 6.74. The molecule has 53 heavy (non-hydrogen) atoms. The Bertz CT molecular complexity index is 1360. The van der Waals surface area contributed by atoms with E-state index in [0.29, 0.717) is 19.8 Å². The standard InChI is InChI=1S/C41H73NO9Si2/c1-19-31-33(24-34(43)42(12)45-14)48-40(9,10)49-35(31)32(27-47-52(15,16)38(3,4)5)37(51-53(17,18)39(6,7)8)41(11)36(50-41)28(2)25-46-26-29-20-22-30(44-13)23-21-29/h19-23,28,31-33,35-37H,1,24-27H2,2-18H3/t28-,31-,32-,33-,35+,36+,37-,41+/m0/s1. The minimum atomic E-state index is -2.40. The van der Waals surface area contributed by atoms with E-state index in [9.17, 15) is 4.79 Å². The molecule has 304 valence electrons. The number of carbonyl (C=O) groups excluding carboxylic acids is 1. The van der Waals surface area contributed by atoms with E-state index in [2.05, 4.69) is 88.2 Å². The lowest BCUT2D eigenvalue weighted by molar-refractivity contribution is -0.329. The van der Waals surface area contributed by atoms with E-state index >= 15 is 0 Å². The van der Waals surface area contributed by atoms with E-state index in [1.807, 2.05) is 44.2 Å². The number of amides is 1. The molecule has 1 amide bonds. The highest BCUT2D eigenvalue weighted by atomic mass is 28.4. The summed E-state index contributed by atoms with van der Waals surface area (Å²) in [6, 6.07) is 7.95. The van der Waals surface area contributed by atoms with Gasteiger partial charge in [0.15, 0.2) is 22.4 Å². The van der Waals surface area contributed by atoms with Crippen molar-refractivity contribution in [1.29, 1.82) is 0 Å². The van der Waals surface area contributed by atoms with E-state index in [1.165, 1.54) is 12.2 Å². The molecule has 0 bridgehead atoms. The second-order valence-electron chi connectivity index (χ2n) is 18.8. The molecule has 1 aromatic carbocycles. The van der Waals surface area contributed by atoms with Crippen LogP contribution in [0.1, 0.15) is 81.2 Å². The van der Waals surface area contributed by atoms with Crippen LogP contribution in [0, 0.1) is 17.8 Å². The van der Waals surface area contributed by atoms with Crippen molar-refractivity contribution in [2.24, 2.45) is 17.8 Å². The smallest absolute Gasteiger partial charge is 0.248 e. The molecule has 0 unspecified atom stereocenters. The Morgan fingerprint density at radius 3 is 2.04 bits per heavy atom. The molecule has 2 aliphatic heterocycles. The predicted octanol–water partition coefficient (Wildman–Crippen LogP) is 8.77. The van der Waals surface area contributed by atoms with Gasteiger partial charge in [-0.1, -0.05) is 66.7 Å². The van der Waals surface area contributed by atoms with Crippen molar-refractivity contribution in [1.82, 2.24) is 5.06 Å². The van der Waals surface area contributed by atoms with Crippen LogP contribution in [-0.2, 0) is 44.0 Å². The second kappa shape index (κ2) is 17.3. The number of hydroxylamine groups is 2. The average molecular weight is 780 g/mol. The lowest BCUT2D eigenvalue weighted by atomic mass is 9.77. The number of rotatable bonds is 18. The van der Waals surface area contributed by atoms with Crippen molar-refractivity contribution < 1.29 is 42.2 Å². The molecule has 2 fully saturated rings. The van der Waals surface area contributed by atoms with Gasteiger partial charge in [0.25, 0.3) is 0 Å². The molecule has 12 heteroatoms. The van der Waals surface area contributed by atoms with E-state index in [1.54, 1.807) is 14.2 Å². The van der Waals surface area contributed by atoms with Crippen molar-refractivity contribution in [3.63, 3.8) is 0 Å². The molecule has 2 aliphatic rings. The molecule has 0 spiro atoms. The van der Waals surface area contributed by atoms with Crippen molar-refractivity contribution in [3.05, 3.63) is 42.5 Å². The van der Waals surface area contributed by atoms with Crippen LogP contribution >= 0.6 is 0 Å². The van der Waals surface area contributed by atoms with Crippen LogP contribution in [0.2, 0.25) is 36.3 Å². The molecule has 0 radical (unpaired) electrons. The summed E-state index contributed by atoms with van der Waals surface area (Å²) >= 11 is 0. The Morgan fingerprint density at radius 2 is 1.53 bits per heavy atom. The number of nitrogens with zero attached hydrogens (tertiary/aromatic N) is 1. The molecule has 3 rings (SSSR count). The summed E-state index contributed by atoms with van der Waals surface area (Å²) in [5, 5.41) is 1.15. The zero-order chi connectivity index (χ0) is 40.4. The third kappa shape index (κ3) is 11.3. The molecule has 0 aromatic heterocycles. The lowest BCUT2D eigenvalue weighted by Gasteiger charge is -2.51. The molecule has 0 saturated carbocycles. The van der Waals surface area contributed by atoms with Gasteiger partial charge >= 0.3 is 0 Å².